The summed E-state index contributed by atoms with van der Waals surface area (Å²) in [5, 5.41) is 15.0. The average molecular weight is 343 g/mol. The van der Waals surface area contributed by atoms with E-state index < -0.39 is 0 Å². The van der Waals surface area contributed by atoms with Gasteiger partial charge in [-0.25, -0.2) is 9.50 Å². The number of phenolic OH excluding ortho intramolecular Hbond substituents is 1. The maximum absolute atomic E-state index is 12.6. The van der Waals surface area contributed by atoms with Gasteiger partial charge in [0.05, 0.1) is 40.8 Å². The number of halogens is 1. The summed E-state index contributed by atoms with van der Waals surface area (Å²) in [5.74, 6) is -0.232. The minimum atomic E-state index is -0.216. The van der Waals surface area contributed by atoms with E-state index in [-0.39, 0.29) is 11.7 Å². The standard InChI is InChI=1S/C17H15ClN4O2/c1-9-15(18)10(2)22-16(19-9)12-7-21(8-13(12)20-22)17(24)11-5-3-4-6-14(11)23/h3-6,23H,7-8H2,1-2H3. The third-order valence-corrected chi connectivity index (χ3v) is 4.92. The van der Waals surface area contributed by atoms with Crippen LogP contribution in [0.25, 0.3) is 5.65 Å². The van der Waals surface area contributed by atoms with Crippen molar-refractivity contribution in [3.63, 3.8) is 0 Å². The molecule has 0 bridgehead atoms. The first kappa shape index (κ1) is 15.0. The van der Waals surface area contributed by atoms with Crippen molar-refractivity contribution in [2.24, 2.45) is 0 Å². The molecule has 3 heterocycles. The molecule has 2 aromatic heterocycles. The van der Waals surface area contributed by atoms with Gasteiger partial charge in [-0.15, -0.1) is 0 Å². The second-order valence-corrected chi connectivity index (χ2v) is 6.31. The molecular weight excluding hydrogens is 328 g/mol. The largest absolute Gasteiger partial charge is 0.507 e. The third-order valence-electron chi connectivity index (χ3n) is 4.38. The Hall–Kier alpha value is -2.60. The fourth-order valence-electron chi connectivity index (χ4n) is 3.08. The molecule has 0 saturated carbocycles. The zero-order valence-corrected chi connectivity index (χ0v) is 14.0. The van der Waals surface area contributed by atoms with Crippen LogP contribution in [0.5, 0.6) is 5.75 Å². The fourth-order valence-corrected chi connectivity index (χ4v) is 3.20. The van der Waals surface area contributed by atoms with Crippen molar-refractivity contribution in [1.29, 1.82) is 0 Å². The van der Waals surface area contributed by atoms with Crippen molar-refractivity contribution in [3.8, 4) is 5.75 Å². The Labute approximate surface area is 143 Å². The number of aromatic nitrogens is 3. The number of aromatic hydroxyl groups is 1. The molecule has 0 unspecified atom stereocenters. The molecule has 1 aromatic carbocycles. The summed E-state index contributed by atoms with van der Waals surface area (Å²) in [6.45, 7) is 4.56. The molecule has 3 aromatic rings. The van der Waals surface area contributed by atoms with E-state index in [1.54, 1.807) is 27.6 Å². The first-order valence-corrected chi connectivity index (χ1v) is 7.95. The maximum Gasteiger partial charge on any atom is 0.258 e. The molecule has 4 rings (SSSR count). The topological polar surface area (TPSA) is 70.7 Å². The van der Waals surface area contributed by atoms with Crippen LogP contribution in [0.3, 0.4) is 0 Å². The molecular formula is C17H15ClN4O2. The van der Waals surface area contributed by atoms with E-state index >= 15 is 0 Å². The van der Waals surface area contributed by atoms with Gasteiger partial charge in [-0.2, -0.15) is 5.10 Å². The summed E-state index contributed by atoms with van der Waals surface area (Å²) in [6, 6.07) is 6.55. The van der Waals surface area contributed by atoms with Gasteiger partial charge in [-0.3, -0.25) is 4.79 Å². The Morgan fingerprint density at radius 2 is 2.00 bits per heavy atom. The van der Waals surface area contributed by atoms with Crippen molar-refractivity contribution >= 4 is 23.2 Å². The quantitative estimate of drug-likeness (QED) is 0.738. The lowest BCUT2D eigenvalue weighted by atomic mass is 10.2. The van der Waals surface area contributed by atoms with Crippen LogP contribution in [0.2, 0.25) is 5.02 Å². The monoisotopic (exact) mass is 342 g/mol. The maximum atomic E-state index is 12.6. The molecule has 0 atom stereocenters. The molecule has 24 heavy (non-hydrogen) atoms. The van der Waals surface area contributed by atoms with Gasteiger partial charge >= 0.3 is 0 Å². The van der Waals surface area contributed by atoms with Crippen LogP contribution in [0.1, 0.15) is 33.0 Å². The molecule has 7 heteroatoms. The predicted molar refractivity (Wildman–Crippen MR) is 89.2 cm³/mol. The molecule has 0 aliphatic carbocycles. The lowest BCUT2D eigenvalue weighted by Gasteiger charge is -2.16. The van der Waals surface area contributed by atoms with Crippen LogP contribution in [-0.2, 0) is 13.1 Å². The van der Waals surface area contributed by atoms with Crippen LogP contribution >= 0.6 is 11.6 Å². The van der Waals surface area contributed by atoms with Gasteiger partial charge in [0.1, 0.15) is 5.75 Å². The summed E-state index contributed by atoms with van der Waals surface area (Å²) in [6.07, 6.45) is 0. The molecule has 1 amide bonds. The molecule has 6 nitrogen and oxygen atoms in total. The summed E-state index contributed by atoms with van der Waals surface area (Å²) in [4.78, 5) is 18.8. The van der Waals surface area contributed by atoms with E-state index in [4.69, 9.17) is 11.6 Å². The Bertz CT molecular complexity index is 996. The second kappa shape index (κ2) is 5.21. The van der Waals surface area contributed by atoms with Gasteiger partial charge in [-0.1, -0.05) is 23.7 Å². The second-order valence-electron chi connectivity index (χ2n) is 5.94. The Morgan fingerprint density at radius 1 is 1.25 bits per heavy atom. The van der Waals surface area contributed by atoms with Crippen molar-refractivity contribution in [3.05, 3.63) is 57.5 Å². The van der Waals surface area contributed by atoms with Crippen LogP contribution < -0.4 is 0 Å². The number of rotatable bonds is 1. The Kier molecular flexibility index (Phi) is 3.25. The molecule has 0 fully saturated rings. The molecule has 1 N–H and O–H groups in total. The highest BCUT2D eigenvalue weighted by molar-refractivity contribution is 6.31. The van der Waals surface area contributed by atoms with Gasteiger partial charge in [0.25, 0.3) is 5.91 Å². The lowest BCUT2D eigenvalue weighted by Crippen LogP contribution is -2.26. The summed E-state index contributed by atoms with van der Waals surface area (Å²) in [5.41, 5.74) is 4.36. The van der Waals surface area contributed by atoms with Crippen molar-refractivity contribution in [2.75, 3.05) is 0 Å². The minimum Gasteiger partial charge on any atom is -0.507 e. The van der Waals surface area contributed by atoms with Gasteiger partial charge in [-0.05, 0) is 26.0 Å². The average Bonchev–Trinajstić information content (AvgIpc) is 3.12. The number of fused-ring (bicyclic) bond motifs is 3. The van der Waals surface area contributed by atoms with Crippen molar-refractivity contribution in [1.82, 2.24) is 19.5 Å². The van der Waals surface area contributed by atoms with Crippen molar-refractivity contribution < 1.29 is 9.90 Å². The zero-order chi connectivity index (χ0) is 17.0. The highest BCUT2D eigenvalue weighted by Crippen LogP contribution is 2.30. The summed E-state index contributed by atoms with van der Waals surface area (Å²) >= 11 is 6.24. The molecule has 1 aliphatic rings. The van der Waals surface area contributed by atoms with Gasteiger partial charge in [0, 0.05) is 5.56 Å². The molecule has 0 saturated heterocycles. The highest BCUT2D eigenvalue weighted by Gasteiger charge is 2.31. The highest BCUT2D eigenvalue weighted by atomic mass is 35.5. The smallest absolute Gasteiger partial charge is 0.258 e. The normalized spacial score (nSPS) is 13.5. The number of para-hydroxylation sites is 1. The van der Waals surface area contributed by atoms with E-state index in [2.05, 4.69) is 10.1 Å². The number of amides is 1. The summed E-state index contributed by atoms with van der Waals surface area (Å²) < 4.78 is 1.74. The zero-order valence-electron chi connectivity index (χ0n) is 13.2. The van der Waals surface area contributed by atoms with E-state index in [1.807, 2.05) is 13.8 Å². The van der Waals surface area contributed by atoms with Gasteiger partial charge in [0.2, 0.25) is 0 Å². The number of nitrogens with zero attached hydrogens (tertiary/aromatic N) is 4. The van der Waals surface area contributed by atoms with E-state index in [9.17, 15) is 9.90 Å². The predicted octanol–water partition coefficient (Wildman–Crippen LogP) is 2.86. The lowest BCUT2D eigenvalue weighted by molar-refractivity contribution is 0.0746. The Morgan fingerprint density at radius 3 is 2.75 bits per heavy atom. The number of aryl methyl sites for hydroxylation is 2. The number of phenols is 1. The van der Waals surface area contributed by atoms with Crippen LogP contribution in [0, 0.1) is 13.8 Å². The molecule has 0 spiro atoms. The fraction of sp³-hybridized carbons (Fsp3) is 0.235. The van der Waals surface area contributed by atoms with Gasteiger partial charge < -0.3 is 10.0 Å². The first-order valence-electron chi connectivity index (χ1n) is 7.58. The summed E-state index contributed by atoms with van der Waals surface area (Å²) in [7, 11) is 0. The third kappa shape index (κ3) is 2.06. The van der Waals surface area contributed by atoms with Crippen molar-refractivity contribution in [2.45, 2.75) is 26.9 Å². The minimum absolute atomic E-state index is 0.0159. The van der Waals surface area contributed by atoms with Crippen LogP contribution in [0.4, 0.5) is 0 Å². The number of benzene rings is 1. The van der Waals surface area contributed by atoms with Gasteiger partial charge in [0.15, 0.2) is 5.65 Å². The van der Waals surface area contributed by atoms with E-state index in [0.717, 1.165) is 28.3 Å². The van der Waals surface area contributed by atoms with E-state index in [0.29, 0.717) is 23.7 Å². The molecule has 1 aliphatic heterocycles. The first-order chi connectivity index (χ1) is 11.5. The number of hydrogen-bond acceptors (Lipinski definition) is 4. The Balaban J connectivity index is 1.73. The number of carbonyl (C=O) groups is 1. The molecule has 0 radical (unpaired) electrons. The molecule has 122 valence electrons. The van der Waals surface area contributed by atoms with Crippen LogP contribution in [0.15, 0.2) is 24.3 Å². The SMILES string of the molecule is Cc1nc2c3c(nn2c(C)c1Cl)CN(C(=O)c1ccccc1O)C3. The van der Waals surface area contributed by atoms with E-state index in [1.165, 1.54) is 6.07 Å². The van der Waals surface area contributed by atoms with Crippen LogP contribution in [-0.4, -0.2) is 30.5 Å². The number of carbonyl (C=O) groups excluding carboxylic acids is 1. The number of hydrogen-bond donors (Lipinski definition) is 1.